The lowest BCUT2D eigenvalue weighted by Crippen LogP contribution is -1.85. The number of furan rings is 2. The van der Waals surface area contributed by atoms with Gasteiger partial charge in [0, 0.05) is 21.5 Å². The Hall–Kier alpha value is -2.74. The minimum absolute atomic E-state index is 0.876. The molecule has 2 aromatic heterocycles. The van der Waals surface area contributed by atoms with Crippen LogP contribution in [-0.4, -0.2) is 0 Å². The Labute approximate surface area is 190 Å². The van der Waals surface area contributed by atoms with Crippen LogP contribution in [0.25, 0.3) is 43.9 Å². The highest BCUT2D eigenvalue weighted by atomic mass is 16.4. The molecule has 0 saturated carbocycles. The van der Waals surface area contributed by atoms with Crippen molar-refractivity contribution >= 4 is 43.9 Å². The van der Waals surface area contributed by atoms with Crippen LogP contribution >= 0.6 is 0 Å². The van der Waals surface area contributed by atoms with E-state index in [1.54, 1.807) is 0 Å². The van der Waals surface area contributed by atoms with Gasteiger partial charge in [0.2, 0.25) is 0 Å². The highest BCUT2D eigenvalue weighted by Gasteiger charge is 2.16. The molecular formula is C30H34O2. The predicted molar refractivity (Wildman–Crippen MR) is 137 cm³/mol. The van der Waals surface area contributed by atoms with Crippen LogP contribution in [-0.2, 0) is 12.8 Å². The summed E-state index contributed by atoms with van der Waals surface area (Å²) in [6, 6.07) is 17.8. The standard InChI is InChI=1S/C30H34O2/c1-3-5-7-9-11-21-13-15-23-25-17-18-26-24-16-14-22(12-10-8-6-4-2)20-28(24)32-30(26)29(25)31-27(23)19-21/h13-20H,3-12H2,1-2H3. The quantitative estimate of drug-likeness (QED) is 0.208. The topological polar surface area (TPSA) is 26.3 Å². The van der Waals surface area contributed by atoms with Gasteiger partial charge in [-0.3, -0.25) is 0 Å². The summed E-state index contributed by atoms with van der Waals surface area (Å²) >= 11 is 0. The summed E-state index contributed by atoms with van der Waals surface area (Å²) in [5, 5.41) is 4.64. The molecule has 0 amide bonds. The Morgan fingerprint density at radius 3 is 1.38 bits per heavy atom. The second-order valence-electron chi connectivity index (χ2n) is 9.31. The molecule has 0 atom stereocenters. The third-order valence-corrected chi connectivity index (χ3v) is 6.85. The molecule has 0 aliphatic rings. The smallest absolute Gasteiger partial charge is 0.178 e. The Kier molecular flexibility index (Phi) is 6.21. The van der Waals surface area contributed by atoms with Gasteiger partial charge in [-0.1, -0.05) is 76.6 Å². The van der Waals surface area contributed by atoms with Crippen molar-refractivity contribution in [2.24, 2.45) is 0 Å². The van der Waals surface area contributed by atoms with Gasteiger partial charge in [0.25, 0.3) is 0 Å². The summed E-state index contributed by atoms with van der Waals surface area (Å²) in [6.45, 7) is 4.52. The summed E-state index contributed by atoms with van der Waals surface area (Å²) in [4.78, 5) is 0. The molecule has 0 bridgehead atoms. The van der Waals surface area contributed by atoms with E-state index in [-0.39, 0.29) is 0 Å². The van der Waals surface area contributed by atoms with E-state index < -0.39 is 0 Å². The van der Waals surface area contributed by atoms with Crippen LogP contribution < -0.4 is 0 Å². The van der Waals surface area contributed by atoms with Crippen molar-refractivity contribution in [2.45, 2.75) is 78.1 Å². The minimum Gasteiger partial charge on any atom is -0.452 e. The number of hydrogen-bond acceptors (Lipinski definition) is 2. The van der Waals surface area contributed by atoms with E-state index in [0.29, 0.717) is 0 Å². The minimum atomic E-state index is 0.876. The van der Waals surface area contributed by atoms with Crippen molar-refractivity contribution in [2.75, 3.05) is 0 Å². The normalized spacial score (nSPS) is 12.1. The lowest BCUT2D eigenvalue weighted by molar-refractivity contribution is 0.631. The Morgan fingerprint density at radius 1 is 0.500 bits per heavy atom. The molecule has 32 heavy (non-hydrogen) atoms. The summed E-state index contributed by atoms with van der Waals surface area (Å²) < 4.78 is 12.8. The summed E-state index contributed by atoms with van der Waals surface area (Å²) in [5.41, 5.74) is 6.42. The SMILES string of the molecule is CCCCCCc1ccc2c(c1)oc1c2ccc2c3ccc(CCCCCC)cc3oc21. The number of aryl methyl sites for hydroxylation is 2. The van der Waals surface area contributed by atoms with E-state index >= 15 is 0 Å². The molecule has 0 aliphatic carbocycles. The van der Waals surface area contributed by atoms with Gasteiger partial charge in [0.05, 0.1) is 0 Å². The molecule has 166 valence electrons. The van der Waals surface area contributed by atoms with Crippen molar-refractivity contribution in [1.29, 1.82) is 0 Å². The molecule has 0 saturated heterocycles. The molecule has 5 aromatic rings. The van der Waals surface area contributed by atoms with E-state index in [9.17, 15) is 0 Å². The zero-order valence-electron chi connectivity index (χ0n) is 19.5. The lowest BCUT2D eigenvalue weighted by atomic mass is 10.0. The first-order valence-electron chi connectivity index (χ1n) is 12.6. The van der Waals surface area contributed by atoms with Gasteiger partial charge < -0.3 is 8.83 Å². The highest BCUT2D eigenvalue weighted by Crippen LogP contribution is 2.39. The molecule has 0 fully saturated rings. The fraction of sp³-hybridized carbons (Fsp3) is 0.400. The van der Waals surface area contributed by atoms with Crippen LogP contribution in [0.2, 0.25) is 0 Å². The third kappa shape index (κ3) is 4.03. The molecule has 0 spiro atoms. The van der Waals surface area contributed by atoms with Crippen LogP contribution in [0.5, 0.6) is 0 Å². The van der Waals surface area contributed by atoms with Crippen molar-refractivity contribution in [1.82, 2.24) is 0 Å². The number of unbranched alkanes of at least 4 members (excludes halogenated alkanes) is 6. The third-order valence-electron chi connectivity index (χ3n) is 6.85. The maximum atomic E-state index is 6.39. The second-order valence-corrected chi connectivity index (χ2v) is 9.31. The number of rotatable bonds is 10. The van der Waals surface area contributed by atoms with E-state index in [2.05, 4.69) is 62.4 Å². The van der Waals surface area contributed by atoms with Crippen molar-refractivity contribution < 1.29 is 8.83 Å². The Morgan fingerprint density at radius 2 is 0.938 bits per heavy atom. The molecule has 0 unspecified atom stereocenters. The summed E-state index contributed by atoms with van der Waals surface area (Å²) in [7, 11) is 0. The van der Waals surface area contributed by atoms with Crippen molar-refractivity contribution in [3.8, 4) is 0 Å². The van der Waals surface area contributed by atoms with Gasteiger partial charge >= 0.3 is 0 Å². The molecule has 2 nitrogen and oxygen atoms in total. The molecular weight excluding hydrogens is 392 g/mol. The zero-order chi connectivity index (χ0) is 21.9. The fourth-order valence-corrected chi connectivity index (χ4v) is 4.98. The largest absolute Gasteiger partial charge is 0.452 e. The van der Waals surface area contributed by atoms with Gasteiger partial charge in [-0.2, -0.15) is 0 Å². The van der Waals surface area contributed by atoms with Crippen LogP contribution in [0.1, 0.15) is 76.3 Å². The highest BCUT2D eigenvalue weighted by molar-refractivity contribution is 6.18. The van der Waals surface area contributed by atoms with E-state index in [1.807, 2.05) is 0 Å². The monoisotopic (exact) mass is 426 g/mol. The van der Waals surface area contributed by atoms with Crippen LogP contribution in [0.4, 0.5) is 0 Å². The first-order chi connectivity index (χ1) is 15.8. The van der Waals surface area contributed by atoms with Gasteiger partial charge in [-0.15, -0.1) is 0 Å². The molecule has 2 heterocycles. The average molecular weight is 427 g/mol. The first-order valence-corrected chi connectivity index (χ1v) is 12.6. The summed E-state index contributed by atoms with van der Waals surface area (Å²) in [6.07, 6.45) is 12.5. The summed E-state index contributed by atoms with van der Waals surface area (Å²) in [5.74, 6) is 0. The van der Waals surface area contributed by atoms with Gasteiger partial charge in [0.15, 0.2) is 11.2 Å². The van der Waals surface area contributed by atoms with Gasteiger partial charge in [0.1, 0.15) is 11.2 Å². The Bertz CT molecular complexity index is 1250. The van der Waals surface area contributed by atoms with E-state index in [4.69, 9.17) is 8.83 Å². The van der Waals surface area contributed by atoms with Gasteiger partial charge in [-0.25, -0.2) is 0 Å². The number of benzene rings is 3. The fourth-order valence-electron chi connectivity index (χ4n) is 4.98. The molecule has 2 heteroatoms. The maximum Gasteiger partial charge on any atom is 0.178 e. The maximum absolute atomic E-state index is 6.39. The number of hydrogen-bond donors (Lipinski definition) is 0. The van der Waals surface area contributed by atoms with E-state index in [1.165, 1.54) is 73.3 Å². The van der Waals surface area contributed by atoms with Crippen LogP contribution in [0, 0.1) is 0 Å². The van der Waals surface area contributed by atoms with Gasteiger partial charge in [-0.05, 0) is 61.1 Å². The van der Waals surface area contributed by atoms with E-state index in [0.717, 1.165) is 45.9 Å². The molecule has 0 N–H and O–H groups in total. The number of fused-ring (bicyclic) bond motifs is 7. The van der Waals surface area contributed by atoms with Crippen molar-refractivity contribution in [3.05, 3.63) is 59.7 Å². The zero-order valence-corrected chi connectivity index (χ0v) is 19.5. The molecule has 0 radical (unpaired) electrons. The first kappa shape index (κ1) is 21.1. The molecule has 3 aromatic carbocycles. The molecule has 0 aliphatic heterocycles. The predicted octanol–water partition coefficient (Wildman–Crippen LogP) is 9.73. The molecule has 5 rings (SSSR count). The second kappa shape index (κ2) is 9.40. The van der Waals surface area contributed by atoms with Crippen LogP contribution in [0.3, 0.4) is 0 Å². The van der Waals surface area contributed by atoms with Crippen LogP contribution in [0.15, 0.2) is 57.4 Å². The average Bonchev–Trinajstić information content (AvgIpc) is 3.37. The Balaban J connectivity index is 1.49. The van der Waals surface area contributed by atoms with Crippen molar-refractivity contribution in [3.63, 3.8) is 0 Å². The lowest BCUT2D eigenvalue weighted by Gasteiger charge is -2.01.